The molecular formula is C22H24N4O4S. The first-order valence-corrected chi connectivity index (χ1v) is 10.9. The second-order valence-corrected chi connectivity index (χ2v) is 8.21. The molecule has 0 aromatic heterocycles. The molecule has 1 fully saturated rings. The Hall–Kier alpha value is -3.20. The molecule has 31 heavy (non-hydrogen) atoms. The Balaban J connectivity index is 1.35. The van der Waals surface area contributed by atoms with Gasteiger partial charge in [0.05, 0.1) is 13.7 Å². The highest BCUT2D eigenvalue weighted by atomic mass is 32.2. The number of carbonyl (C=O) groups excluding carboxylic acids is 2. The van der Waals surface area contributed by atoms with E-state index in [2.05, 4.69) is 10.3 Å². The van der Waals surface area contributed by atoms with Crippen LogP contribution >= 0.6 is 11.8 Å². The molecule has 0 spiro atoms. The van der Waals surface area contributed by atoms with Crippen molar-refractivity contribution in [2.45, 2.75) is 18.6 Å². The van der Waals surface area contributed by atoms with Gasteiger partial charge in [-0.1, -0.05) is 11.8 Å². The average molecular weight is 441 g/mol. The number of rotatable bonds is 7. The van der Waals surface area contributed by atoms with Gasteiger partial charge in [0.1, 0.15) is 30.1 Å². The Morgan fingerprint density at radius 2 is 1.87 bits per heavy atom. The van der Waals surface area contributed by atoms with Crippen LogP contribution in [0, 0.1) is 0 Å². The van der Waals surface area contributed by atoms with Gasteiger partial charge in [-0.15, -0.1) is 0 Å². The van der Waals surface area contributed by atoms with Crippen molar-refractivity contribution in [2.24, 2.45) is 4.99 Å². The summed E-state index contributed by atoms with van der Waals surface area (Å²) in [5.74, 6) is 1.22. The predicted octanol–water partition coefficient (Wildman–Crippen LogP) is 3.16. The highest BCUT2D eigenvalue weighted by molar-refractivity contribution is 8.15. The van der Waals surface area contributed by atoms with Gasteiger partial charge in [-0.25, -0.2) is 4.99 Å². The third-order valence-electron chi connectivity index (χ3n) is 4.97. The normalized spacial score (nSPS) is 17.8. The second kappa shape index (κ2) is 9.30. The van der Waals surface area contributed by atoms with Gasteiger partial charge in [0.2, 0.25) is 11.8 Å². The lowest BCUT2D eigenvalue weighted by Crippen LogP contribution is -2.46. The number of hydrogen-bond acceptors (Lipinski definition) is 7. The number of amides is 2. The number of fused-ring (bicyclic) bond motifs is 1. The summed E-state index contributed by atoms with van der Waals surface area (Å²) in [6.45, 7) is 3.38. The number of nitrogens with one attached hydrogen (secondary N) is 1. The number of hydrogen-bond donors (Lipinski definition) is 1. The van der Waals surface area contributed by atoms with Crippen molar-refractivity contribution >= 4 is 40.1 Å². The molecule has 2 aliphatic rings. The van der Waals surface area contributed by atoms with E-state index >= 15 is 0 Å². The summed E-state index contributed by atoms with van der Waals surface area (Å²) in [7, 11) is 1.62. The van der Waals surface area contributed by atoms with Crippen LogP contribution in [0.15, 0.2) is 53.5 Å². The van der Waals surface area contributed by atoms with Gasteiger partial charge in [-0.3, -0.25) is 14.5 Å². The zero-order valence-electron chi connectivity index (χ0n) is 17.4. The van der Waals surface area contributed by atoms with Crippen molar-refractivity contribution in [1.29, 1.82) is 0 Å². The Morgan fingerprint density at radius 1 is 1.16 bits per heavy atom. The van der Waals surface area contributed by atoms with E-state index in [-0.39, 0.29) is 18.2 Å². The SMILES string of the molecule is CCOc1ccc(NC(=O)C[C@H]2SC3=NCN(c4ccc(OC)cc4)CN3C2=O)cc1. The summed E-state index contributed by atoms with van der Waals surface area (Å²) in [5.41, 5.74) is 1.63. The highest BCUT2D eigenvalue weighted by Crippen LogP contribution is 2.33. The molecular weight excluding hydrogens is 416 g/mol. The van der Waals surface area contributed by atoms with E-state index in [0.717, 1.165) is 17.2 Å². The van der Waals surface area contributed by atoms with Crippen molar-refractivity contribution in [2.75, 3.05) is 37.3 Å². The summed E-state index contributed by atoms with van der Waals surface area (Å²) < 4.78 is 10.6. The number of thioether (sulfide) groups is 1. The molecule has 8 nitrogen and oxygen atoms in total. The number of carbonyl (C=O) groups is 2. The van der Waals surface area contributed by atoms with Gasteiger partial charge >= 0.3 is 0 Å². The fourth-order valence-corrected chi connectivity index (χ4v) is 4.51. The zero-order valence-corrected chi connectivity index (χ0v) is 18.2. The quantitative estimate of drug-likeness (QED) is 0.712. The number of benzene rings is 2. The van der Waals surface area contributed by atoms with Crippen molar-refractivity contribution in [3.05, 3.63) is 48.5 Å². The summed E-state index contributed by atoms with van der Waals surface area (Å²) >= 11 is 1.35. The van der Waals surface area contributed by atoms with Crippen LogP contribution in [0.5, 0.6) is 11.5 Å². The molecule has 0 aliphatic carbocycles. The number of methoxy groups -OCH3 is 1. The Bertz CT molecular complexity index is 978. The Labute approximate surface area is 185 Å². The minimum absolute atomic E-state index is 0.0920. The van der Waals surface area contributed by atoms with Gasteiger partial charge in [-0.2, -0.15) is 0 Å². The first-order valence-electron chi connectivity index (χ1n) is 10.0. The summed E-state index contributed by atoms with van der Waals surface area (Å²) in [4.78, 5) is 33.6. The molecule has 0 unspecified atom stereocenters. The van der Waals surface area contributed by atoms with Crippen LogP contribution in [-0.4, -0.2) is 54.2 Å². The largest absolute Gasteiger partial charge is 0.497 e. The third kappa shape index (κ3) is 4.77. The van der Waals surface area contributed by atoms with Crippen molar-refractivity contribution < 1.29 is 19.1 Å². The molecule has 2 heterocycles. The molecule has 2 aromatic carbocycles. The molecule has 162 valence electrons. The topological polar surface area (TPSA) is 83.5 Å². The predicted molar refractivity (Wildman–Crippen MR) is 122 cm³/mol. The first-order chi connectivity index (χ1) is 15.1. The molecule has 1 saturated heterocycles. The van der Waals surface area contributed by atoms with Gasteiger partial charge in [0.15, 0.2) is 5.17 Å². The summed E-state index contributed by atoms with van der Waals surface area (Å²) in [5, 5.41) is 3.04. The lowest BCUT2D eigenvalue weighted by atomic mass is 10.2. The van der Waals surface area contributed by atoms with Gasteiger partial charge in [0, 0.05) is 17.8 Å². The minimum atomic E-state index is -0.475. The zero-order chi connectivity index (χ0) is 21.8. The number of nitrogens with zero attached hydrogens (tertiary/aromatic N) is 3. The molecule has 4 rings (SSSR count). The van der Waals surface area contributed by atoms with Crippen molar-refractivity contribution in [1.82, 2.24) is 4.90 Å². The maximum Gasteiger partial charge on any atom is 0.244 e. The van der Waals surface area contributed by atoms with Crippen LogP contribution in [0.3, 0.4) is 0 Å². The van der Waals surface area contributed by atoms with Gasteiger partial charge in [0.25, 0.3) is 0 Å². The second-order valence-electron chi connectivity index (χ2n) is 7.04. The standard InChI is InChI=1S/C22H24N4O4S/c1-3-30-18-8-4-15(5-9-18)24-20(27)12-19-21(28)26-14-25(13-23-22(26)31-19)16-6-10-17(29-2)11-7-16/h4-11,19H,3,12-14H2,1-2H3,(H,24,27)/t19-/m1/s1. The fraction of sp³-hybridized carbons (Fsp3) is 0.318. The number of anilines is 2. The van der Waals surface area contributed by atoms with Crippen LogP contribution < -0.4 is 19.7 Å². The first kappa shape index (κ1) is 21.0. The Morgan fingerprint density at radius 3 is 2.55 bits per heavy atom. The Kier molecular flexibility index (Phi) is 6.31. The number of ether oxygens (including phenoxy) is 2. The third-order valence-corrected chi connectivity index (χ3v) is 6.18. The maximum atomic E-state index is 12.9. The van der Waals surface area contributed by atoms with Crippen LogP contribution in [0.1, 0.15) is 13.3 Å². The number of amidine groups is 1. The van der Waals surface area contributed by atoms with E-state index in [1.807, 2.05) is 36.1 Å². The molecule has 2 aromatic rings. The average Bonchev–Trinajstić information content (AvgIpc) is 3.10. The highest BCUT2D eigenvalue weighted by Gasteiger charge is 2.41. The molecule has 0 radical (unpaired) electrons. The van der Waals surface area contributed by atoms with Crippen molar-refractivity contribution in [3.63, 3.8) is 0 Å². The molecule has 1 N–H and O–H groups in total. The lowest BCUT2D eigenvalue weighted by molar-refractivity contribution is -0.128. The lowest BCUT2D eigenvalue weighted by Gasteiger charge is -2.32. The van der Waals surface area contributed by atoms with E-state index in [1.54, 1.807) is 36.3 Å². The molecule has 2 amide bonds. The van der Waals surface area contributed by atoms with E-state index < -0.39 is 5.25 Å². The molecule has 0 saturated carbocycles. The molecule has 2 aliphatic heterocycles. The van der Waals surface area contributed by atoms with E-state index in [4.69, 9.17) is 9.47 Å². The van der Waals surface area contributed by atoms with E-state index in [0.29, 0.717) is 30.8 Å². The monoisotopic (exact) mass is 440 g/mol. The smallest absolute Gasteiger partial charge is 0.244 e. The van der Waals surface area contributed by atoms with Gasteiger partial charge < -0.3 is 19.7 Å². The number of aliphatic imine (C=N–C) groups is 1. The van der Waals surface area contributed by atoms with E-state index in [1.165, 1.54) is 11.8 Å². The van der Waals surface area contributed by atoms with E-state index in [9.17, 15) is 9.59 Å². The fourth-order valence-electron chi connectivity index (χ4n) is 3.39. The minimum Gasteiger partial charge on any atom is -0.497 e. The molecule has 9 heteroatoms. The molecule has 0 bridgehead atoms. The molecule has 1 atom stereocenters. The maximum absolute atomic E-state index is 12.9. The summed E-state index contributed by atoms with van der Waals surface area (Å²) in [6, 6.07) is 14.8. The van der Waals surface area contributed by atoms with Crippen molar-refractivity contribution in [3.8, 4) is 11.5 Å². The van der Waals surface area contributed by atoms with Crippen LogP contribution in [0.2, 0.25) is 0 Å². The van der Waals surface area contributed by atoms with Gasteiger partial charge in [-0.05, 0) is 55.5 Å². The van der Waals surface area contributed by atoms with Crippen LogP contribution in [-0.2, 0) is 9.59 Å². The van der Waals surface area contributed by atoms with Crippen LogP contribution in [0.4, 0.5) is 11.4 Å². The summed E-state index contributed by atoms with van der Waals surface area (Å²) in [6.07, 6.45) is 0.0920. The van der Waals surface area contributed by atoms with Crippen LogP contribution in [0.25, 0.3) is 0 Å².